The molecule has 0 atom stereocenters. The van der Waals surface area contributed by atoms with Crippen LogP contribution < -0.4 is 10.1 Å². The van der Waals surface area contributed by atoms with Gasteiger partial charge in [0.2, 0.25) is 5.91 Å². The standard InChI is InChI=1S/C19H17BrN2O2S2/c1-2-24-17-6-4-3-5-15(17)21-18(23)12-26-19-22-16(11-25-19)13-7-9-14(20)10-8-13/h3-11H,2,12H2,1H3,(H,21,23). The number of nitrogens with one attached hydrogen (secondary N) is 1. The largest absolute Gasteiger partial charge is 0.492 e. The van der Waals surface area contributed by atoms with E-state index in [9.17, 15) is 4.79 Å². The first-order valence-electron chi connectivity index (χ1n) is 8.01. The highest BCUT2D eigenvalue weighted by Gasteiger charge is 2.10. The quantitative estimate of drug-likeness (QED) is 0.470. The van der Waals surface area contributed by atoms with Crippen molar-refractivity contribution >= 4 is 50.6 Å². The summed E-state index contributed by atoms with van der Waals surface area (Å²) in [5.41, 5.74) is 2.67. The van der Waals surface area contributed by atoms with Crippen molar-refractivity contribution in [2.45, 2.75) is 11.3 Å². The molecule has 0 bridgehead atoms. The van der Waals surface area contributed by atoms with Crippen molar-refractivity contribution in [3.05, 3.63) is 58.4 Å². The van der Waals surface area contributed by atoms with Gasteiger partial charge in [-0.3, -0.25) is 4.79 Å². The fourth-order valence-corrected chi connectivity index (χ4v) is 4.14. The van der Waals surface area contributed by atoms with Gasteiger partial charge in [-0.2, -0.15) is 0 Å². The van der Waals surface area contributed by atoms with Crippen molar-refractivity contribution in [2.75, 3.05) is 17.7 Å². The fraction of sp³-hybridized carbons (Fsp3) is 0.158. The summed E-state index contributed by atoms with van der Waals surface area (Å²) >= 11 is 6.41. The van der Waals surface area contributed by atoms with Crippen LogP contribution in [-0.2, 0) is 4.79 Å². The molecule has 3 rings (SSSR count). The second-order valence-electron chi connectivity index (χ2n) is 5.27. The first kappa shape index (κ1) is 18.9. The molecule has 1 aromatic heterocycles. The fourth-order valence-electron chi connectivity index (χ4n) is 2.24. The Morgan fingerprint density at radius 2 is 2.00 bits per heavy atom. The lowest BCUT2D eigenvalue weighted by atomic mass is 10.2. The Balaban J connectivity index is 1.58. The molecule has 1 amide bonds. The lowest BCUT2D eigenvalue weighted by Crippen LogP contribution is -2.14. The zero-order valence-corrected chi connectivity index (χ0v) is 17.3. The van der Waals surface area contributed by atoms with Crippen LogP contribution in [0.25, 0.3) is 11.3 Å². The summed E-state index contributed by atoms with van der Waals surface area (Å²) in [4.78, 5) is 16.8. The van der Waals surface area contributed by atoms with E-state index < -0.39 is 0 Å². The molecule has 0 saturated heterocycles. The average Bonchev–Trinajstić information content (AvgIpc) is 3.11. The van der Waals surface area contributed by atoms with Gasteiger partial charge in [-0.15, -0.1) is 11.3 Å². The van der Waals surface area contributed by atoms with Crippen molar-refractivity contribution < 1.29 is 9.53 Å². The van der Waals surface area contributed by atoms with Gasteiger partial charge in [0.1, 0.15) is 5.75 Å². The van der Waals surface area contributed by atoms with Crippen molar-refractivity contribution in [3.8, 4) is 17.0 Å². The number of rotatable bonds is 7. The Morgan fingerprint density at radius 1 is 1.23 bits per heavy atom. The molecular formula is C19H17BrN2O2S2. The molecule has 26 heavy (non-hydrogen) atoms. The summed E-state index contributed by atoms with van der Waals surface area (Å²) < 4.78 is 7.43. The van der Waals surface area contributed by atoms with Gasteiger partial charge in [0.25, 0.3) is 0 Å². The molecule has 134 valence electrons. The number of nitrogens with zero attached hydrogens (tertiary/aromatic N) is 1. The lowest BCUT2D eigenvalue weighted by Gasteiger charge is -2.10. The van der Waals surface area contributed by atoms with Crippen LogP contribution in [0.15, 0.2) is 62.7 Å². The molecule has 0 aliphatic rings. The van der Waals surface area contributed by atoms with Crippen LogP contribution in [-0.4, -0.2) is 23.3 Å². The summed E-state index contributed by atoms with van der Waals surface area (Å²) in [6.45, 7) is 2.47. The number of benzene rings is 2. The van der Waals surface area contributed by atoms with E-state index in [1.54, 1.807) is 11.3 Å². The highest BCUT2D eigenvalue weighted by atomic mass is 79.9. The van der Waals surface area contributed by atoms with Crippen LogP contribution in [0.1, 0.15) is 6.92 Å². The maximum Gasteiger partial charge on any atom is 0.234 e. The van der Waals surface area contributed by atoms with E-state index in [-0.39, 0.29) is 5.91 Å². The number of ether oxygens (including phenoxy) is 1. The topological polar surface area (TPSA) is 51.2 Å². The third-order valence-corrected chi connectivity index (χ3v) is 5.96. The minimum absolute atomic E-state index is 0.0810. The molecule has 3 aromatic rings. The van der Waals surface area contributed by atoms with Gasteiger partial charge < -0.3 is 10.1 Å². The van der Waals surface area contributed by atoms with E-state index in [1.807, 2.05) is 60.8 Å². The highest BCUT2D eigenvalue weighted by Crippen LogP contribution is 2.29. The van der Waals surface area contributed by atoms with Crippen molar-refractivity contribution in [1.82, 2.24) is 4.98 Å². The van der Waals surface area contributed by atoms with Gasteiger partial charge >= 0.3 is 0 Å². The SMILES string of the molecule is CCOc1ccccc1NC(=O)CSc1nc(-c2ccc(Br)cc2)cs1. The summed E-state index contributed by atoms with van der Waals surface area (Å²) in [6.07, 6.45) is 0. The minimum atomic E-state index is -0.0810. The molecule has 0 radical (unpaired) electrons. The van der Waals surface area contributed by atoms with Crippen LogP contribution in [0.3, 0.4) is 0 Å². The molecule has 0 spiro atoms. The van der Waals surface area contributed by atoms with Crippen LogP contribution in [0, 0.1) is 0 Å². The van der Waals surface area contributed by atoms with Gasteiger partial charge in [-0.25, -0.2) is 4.98 Å². The Hall–Kier alpha value is -1.83. The molecule has 0 fully saturated rings. The monoisotopic (exact) mass is 448 g/mol. The molecule has 2 aromatic carbocycles. The Morgan fingerprint density at radius 3 is 2.77 bits per heavy atom. The number of para-hydroxylation sites is 2. The number of carbonyl (C=O) groups excluding carboxylic acids is 1. The molecule has 7 heteroatoms. The van der Waals surface area contributed by atoms with Crippen LogP contribution in [0.2, 0.25) is 0 Å². The number of hydrogen-bond donors (Lipinski definition) is 1. The van der Waals surface area contributed by atoms with Gasteiger partial charge in [0.05, 0.1) is 23.7 Å². The average molecular weight is 449 g/mol. The van der Waals surface area contributed by atoms with E-state index in [4.69, 9.17) is 4.74 Å². The Labute approximate surface area is 169 Å². The van der Waals surface area contributed by atoms with Gasteiger partial charge in [-0.05, 0) is 31.2 Å². The predicted octanol–water partition coefficient (Wildman–Crippen LogP) is 5.70. The molecule has 0 saturated carbocycles. The maximum atomic E-state index is 12.2. The number of amides is 1. The van der Waals surface area contributed by atoms with Crippen LogP contribution in [0.4, 0.5) is 5.69 Å². The number of thiazole rings is 1. The molecule has 0 unspecified atom stereocenters. The van der Waals surface area contributed by atoms with E-state index >= 15 is 0 Å². The number of anilines is 1. The highest BCUT2D eigenvalue weighted by molar-refractivity contribution is 9.10. The Bertz CT molecular complexity index is 881. The van der Waals surface area contributed by atoms with E-state index in [2.05, 4.69) is 26.2 Å². The van der Waals surface area contributed by atoms with Crippen molar-refractivity contribution in [3.63, 3.8) is 0 Å². The number of aromatic nitrogens is 1. The van der Waals surface area contributed by atoms with Crippen LogP contribution in [0.5, 0.6) is 5.75 Å². The number of thioether (sulfide) groups is 1. The molecule has 0 aliphatic carbocycles. The first-order valence-corrected chi connectivity index (χ1v) is 10.7. The first-order chi connectivity index (χ1) is 12.7. The third kappa shape index (κ3) is 5.09. The zero-order chi connectivity index (χ0) is 18.4. The number of halogens is 1. The second-order valence-corrected chi connectivity index (χ2v) is 8.27. The minimum Gasteiger partial charge on any atom is -0.492 e. The van der Waals surface area contributed by atoms with Gasteiger partial charge in [0, 0.05) is 15.4 Å². The zero-order valence-electron chi connectivity index (χ0n) is 14.1. The van der Waals surface area contributed by atoms with Crippen LogP contribution >= 0.6 is 39.0 Å². The molecule has 1 heterocycles. The lowest BCUT2D eigenvalue weighted by molar-refractivity contribution is -0.113. The predicted molar refractivity (Wildman–Crippen MR) is 112 cm³/mol. The molecular weight excluding hydrogens is 432 g/mol. The molecule has 4 nitrogen and oxygen atoms in total. The van der Waals surface area contributed by atoms with Crippen molar-refractivity contribution in [1.29, 1.82) is 0 Å². The van der Waals surface area contributed by atoms with E-state index in [0.717, 1.165) is 20.1 Å². The summed E-state index contributed by atoms with van der Waals surface area (Å²) in [6, 6.07) is 15.5. The van der Waals surface area contributed by atoms with Gasteiger partial charge in [0.15, 0.2) is 4.34 Å². The second kappa shape index (κ2) is 9.21. The summed E-state index contributed by atoms with van der Waals surface area (Å²) in [7, 11) is 0. The third-order valence-electron chi connectivity index (χ3n) is 3.41. The van der Waals surface area contributed by atoms with Crippen molar-refractivity contribution in [2.24, 2.45) is 0 Å². The number of carbonyl (C=O) groups is 1. The molecule has 1 N–H and O–H groups in total. The van der Waals surface area contributed by atoms with Gasteiger partial charge in [-0.1, -0.05) is 52.0 Å². The smallest absolute Gasteiger partial charge is 0.234 e. The van der Waals surface area contributed by atoms with E-state index in [0.29, 0.717) is 23.8 Å². The Kier molecular flexibility index (Phi) is 6.71. The maximum absolute atomic E-state index is 12.2. The molecule has 0 aliphatic heterocycles. The van der Waals surface area contributed by atoms with E-state index in [1.165, 1.54) is 11.8 Å². The number of hydrogen-bond acceptors (Lipinski definition) is 5. The summed E-state index contributed by atoms with van der Waals surface area (Å²) in [5.74, 6) is 0.899. The normalized spacial score (nSPS) is 10.5. The summed E-state index contributed by atoms with van der Waals surface area (Å²) in [5, 5.41) is 4.90.